The van der Waals surface area contributed by atoms with Gasteiger partial charge >= 0.3 is 6.36 Å². The lowest BCUT2D eigenvalue weighted by molar-refractivity contribution is -0.274. The number of nitrogens with zero attached hydrogens (tertiary/aromatic N) is 4. The second-order valence-corrected chi connectivity index (χ2v) is 15.2. The van der Waals surface area contributed by atoms with E-state index < -0.39 is 6.36 Å². The monoisotopic (exact) mass is 752 g/mol. The number of anilines is 1. The Morgan fingerprint density at radius 2 is 1.67 bits per heavy atom. The lowest BCUT2D eigenvalue weighted by atomic mass is 9.95. The average Bonchev–Trinajstić information content (AvgIpc) is 4.03. The molecule has 3 aliphatic rings. The summed E-state index contributed by atoms with van der Waals surface area (Å²) in [4.78, 5) is 11.7. The number of rotatable bonds is 13. The van der Waals surface area contributed by atoms with Gasteiger partial charge in [0.2, 0.25) is 0 Å². The summed E-state index contributed by atoms with van der Waals surface area (Å²) in [7, 11) is 3.85. The van der Waals surface area contributed by atoms with Crippen LogP contribution in [0, 0.1) is 6.92 Å². The number of pyridine rings is 1. The normalized spacial score (nSPS) is 18.0. The number of likely N-dealkylation sites (tertiary alicyclic amines) is 1. The number of halogens is 3. The van der Waals surface area contributed by atoms with E-state index in [1.54, 1.807) is 31.5 Å². The smallest absolute Gasteiger partial charge is 0.508 e. The van der Waals surface area contributed by atoms with Gasteiger partial charge in [-0.2, -0.15) is 0 Å². The third kappa shape index (κ3) is 9.47. The third-order valence-corrected chi connectivity index (χ3v) is 11.2. The maximum absolute atomic E-state index is 13.0. The number of hydrogen-bond acceptors (Lipinski definition) is 7. The zero-order valence-corrected chi connectivity index (χ0v) is 32.1. The van der Waals surface area contributed by atoms with E-state index in [1.807, 2.05) is 19.1 Å². The molecule has 4 aromatic rings. The van der Waals surface area contributed by atoms with Crippen molar-refractivity contribution in [2.24, 2.45) is 0 Å². The summed E-state index contributed by atoms with van der Waals surface area (Å²) in [5, 5.41) is 10.7. The van der Waals surface area contributed by atoms with Gasteiger partial charge in [0.15, 0.2) is 0 Å². The van der Waals surface area contributed by atoms with Gasteiger partial charge in [0.05, 0.1) is 18.8 Å². The molecule has 290 valence electrons. The molecule has 1 atom stereocenters. The number of benzene rings is 3. The largest absolute Gasteiger partial charge is 0.573 e. The van der Waals surface area contributed by atoms with Crippen LogP contribution >= 0.6 is 0 Å². The van der Waals surface area contributed by atoms with Gasteiger partial charge in [0.1, 0.15) is 17.2 Å². The number of hydrogen-bond donors (Lipinski definition) is 1. The summed E-state index contributed by atoms with van der Waals surface area (Å²) in [6, 6.07) is 21.1. The average molecular weight is 753 g/mol. The number of ether oxygens (including phenoxy) is 2. The molecule has 0 radical (unpaired) electrons. The van der Waals surface area contributed by atoms with E-state index in [0.29, 0.717) is 12.5 Å². The minimum Gasteiger partial charge on any atom is -0.508 e. The summed E-state index contributed by atoms with van der Waals surface area (Å²) in [6.07, 6.45) is 9.88. The number of methoxy groups -OCH3 is 1. The molecule has 7 rings (SSSR count). The third-order valence-electron chi connectivity index (χ3n) is 11.2. The van der Waals surface area contributed by atoms with Gasteiger partial charge in [-0.05, 0) is 151 Å². The standard InChI is InChI=1S/C45H51F3N4O3/c1-5-6-34-23-36(27-44(53)30(34)2)42-21-31(13-17-49-42)29-52(38-9-11-40(12-10-38)55-45(46,47)48)39-15-19-51(20-16-39)28-32-14-18-50(3)43(22-32)37-24-35(33-7-8-33)25-41(26-37)54-4/h9-14,17-18,21-27,33,39,43,53H,5-8,15-16,19-20,28-29H2,1-4H3. The van der Waals surface area contributed by atoms with Crippen LogP contribution < -0.4 is 14.4 Å². The zero-order chi connectivity index (χ0) is 38.7. The van der Waals surface area contributed by atoms with Crippen molar-refractivity contribution in [3.63, 3.8) is 0 Å². The topological polar surface area (TPSA) is 61.3 Å². The predicted molar refractivity (Wildman–Crippen MR) is 212 cm³/mol. The summed E-state index contributed by atoms with van der Waals surface area (Å²) < 4.78 is 48.9. The first-order valence-corrected chi connectivity index (χ1v) is 19.4. The Balaban J connectivity index is 1.08. The Hall–Kier alpha value is -4.96. The van der Waals surface area contributed by atoms with Crippen LogP contribution in [-0.4, -0.2) is 66.1 Å². The van der Waals surface area contributed by atoms with Crippen LogP contribution in [0.1, 0.15) is 78.8 Å². The van der Waals surface area contributed by atoms with Gasteiger partial charge in [0, 0.05) is 56.7 Å². The molecule has 3 aromatic carbocycles. The number of aromatic hydroxyl groups is 1. The summed E-state index contributed by atoms with van der Waals surface area (Å²) in [5.74, 6) is 1.56. The quantitative estimate of drug-likeness (QED) is 0.146. The van der Waals surface area contributed by atoms with Crippen molar-refractivity contribution in [3.8, 4) is 28.5 Å². The van der Waals surface area contributed by atoms with Crippen LogP contribution in [0.3, 0.4) is 0 Å². The van der Waals surface area contributed by atoms with E-state index >= 15 is 0 Å². The van der Waals surface area contributed by atoms with E-state index in [0.717, 1.165) is 84.7 Å². The Bertz CT molecular complexity index is 2020. The summed E-state index contributed by atoms with van der Waals surface area (Å²) in [5.41, 5.74) is 9.35. The van der Waals surface area contributed by atoms with Crippen molar-refractivity contribution < 1.29 is 27.8 Å². The lowest BCUT2D eigenvalue weighted by Gasteiger charge is -2.40. The molecule has 1 aliphatic carbocycles. The molecule has 55 heavy (non-hydrogen) atoms. The lowest BCUT2D eigenvalue weighted by Crippen LogP contribution is -2.45. The highest BCUT2D eigenvalue weighted by atomic mass is 19.4. The molecular weight excluding hydrogens is 702 g/mol. The van der Waals surface area contributed by atoms with E-state index in [9.17, 15) is 18.3 Å². The van der Waals surface area contributed by atoms with E-state index in [1.165, 1.54) is 41.7 Å². The van der Waals surface area contributed by atoms with Crippen molar-refractivity contribution in [2.75, 3.05) is 38.7 Å². The predicted octanol–water partition coefficient (Wildman–Crippen LogP) is 10.1. The number of aryl methyl sites for hydroxylation is 1. The molecule has 1 saturated heterocycles. The fourth-order valence-corrected chi connectivity index (χ4v) is 7.99. The van der Waals surface area contributed by atoms with Crippen molar-refractivity contribution in [1.29, 1.82) is 0 Å². The number of likely N-dealkylation sites (N-methyl/N-ethyl adjacent to an activating group) is 1. The second kappa shape index (κ2) is 16.4. The number of piperidine rings is 1. The van der Waals surface area contributed by atoms with Gasteiger partial charge in [-0.25, -0.2) is 0 Å². The molecule has 0 spiro atoms. The van der Waals surface area contributed by atoms with Crippen molar-refractivity contribution in [3.05, 3.63) is 125 Å². The number of aromatic nitrogens is 1. The van der Waals surface area contributed by atoms with E-state index in [-0.39, 0.29) is 23.6 Å². The number of phenols is 1. The molecule has 1 N–H and O–H groups in total. The minimum absolute atomic E-state index is 0.122. The maximum atomic E-state index is 13.0. The first-order valence-electron chi connectivity index (χ1n) is 19.4. The number of alkyl halides is 3. The Morgan fingerprint density at radius 3 is 2.36 bits per heavy atom. The Kier molecular flexibility index (Phi) is 11.4. The molecule has 0 bridgehead atoms. The fourth-order valence-electron chi connectivity index (χ4n) is 7.99. The molecule has 3 heterocycles. The zero-order valence-electron chi connectivity index (χ0n) is 32.1. The highest BCUT2D eigenvalue weighted by Gasteiger charge is 2.32. The molecule has 1 saturated carbocycles. The van der Waals surface area contributed by atoms with Crippen molar-refractivity contribution in [2.45, 2.75) is 83.3 Å². The molecule has 10 heteroatoms. The molecule has 0 amide bonds. The van der Waals surface area contributed by atoms with E-state index in [4.69, 9.17) is 4.74 Å². The molecule has 2 aliphatic heterocycles. The fraction of sp³-hybridized carbons (Fsp3) is 0.400. The maximum Gasteiger partial charge on any atom is 0.573 e. The van der Waals surface area contributed by atoms with Crippen LogP contribution in [0.4, 0.5) is 18.9 Å². The highest BCUT2D eigenvalue weighted by molar-refractivity contribution is 5.65. The first kappa shape index (κ1) is 38.3. The molecule has 2 fully saturated rings. The van der Waals surface area contributed by atoms with Gasteiger partial charge in [-0.3, -0.25) is 9.88 Å². The van der Waals surface area contributed by atoms with Gasteiger partial charge in [-0.15, -0.1) is 13.2 Å². The van der Waals surface area contributed by atoms with Gasteiger partial charge in [0.25, 0.3) is 0 Å². The van der Waals surface area contributed by atoms with Crippen molar-refractivity contribution >= 4 is 5.69 Å². The van der Waals surface area contributed by atoms with Gasteiger partial charge in [-0.1, -0.05) is 25.5 Å². The van der Waals surface area contributed by atoms with Crippen LogP contribution in [0.5, 0.6) is 17.2 Å². The van der Waals surface area contributed by atoms with Crippen LogP contribution in [0.15, 0.2) is 96.9 Å². The van der Waals surface area contributed by atoms with Crippen LogP contribution in [-0.2, 0) is 13.0 Å². The summed E-state index contributed by atoms with van der Waals surface area (Å²) >= 11 is 0. The molecular formula is C45H51F3N4O3. The van der Waals surface area contributed by atoms with Crippen molar-refractivity contribution in [1.82, 2.24) is 14.8 Å². The second-order valence-electron chi connectivity index (χ2n) is 15.2. The van der Waals surface area contributed by atoms with E-state index in [2.05, 4.69) is 81.0 Å². The molecule has 1 unspecified atom stereocenters. The SMILES string of the molecule is CCCc1cc(-c2cc(CN(c3ccc(OC(F)(F)F)cc3)C3CCN(CC4=CC(c5cc(OC)cc(C6CC6)c5)N(C)C=C4)CC3)ccn2)cc(O)c1C. The van der Waals surface area contributed by atoms with Gasteiger partial charge < -0.3 is 24.4 Å². The first-order chi connectivity index (χ1) is 26.5. The molecule has 1 aromatic heterocycles. The minimum atomic E-state index is -4.76. The van der Waals surface area contributed by atoms with Crippen LogP contribution in [0.2, 0.25) is 0 Å². The van der Waals surface area contributed by atoms with Crippen LogP contribution in [0.25, 0.3) is 11.3 Å². The summed E-state index contributed by atoms with van der Waals surface area (Å²) in [6.45, 7) is 7.22. The molecule has 7 nitrogen and oxygen atoms in total. The number of phenolic OH excluding ortho intramolecular Hbond substituents is 1. The Labute approximate surface area is 322 Å². The Morgan fingerprint density at radius 1 is 0.927 bits per heavy atom. The highest BCUT2D eigenvalue weighted by Crippen LogP contribution is 2.43.